The van der Waals surface area contributed by atoms with E-state index < -0.39 is 0 Å². The predicted octanol–water partition coefficient (Wildman–Crippen LogP) is 1.29. The maximum Gasteiger partial charge on any atom is 0.0681 e. The minimum atomic E-state index is 0.0319. The fourth-order valence-electron chi connectivity index (χ4n) is 0.883. The first-order chi connectivity index (χ1) is 5.27. The quantitative estimate of drug-likeness (QED) is 0.705. The molecule has 60 valence electrons. The van der Waals surface area contributed by atoms with Gasteiger partial charge in [-0.05, 0) is 17.2 Å². The highest BCUT2D eigenvalue weighted by Gasteiger charge is 1.98. The smallest absolute Gasteiger partial charge is 0.0681 e. The maximum atomic E-state index is 8.76. The SMILES string of the molecule is NCc1cc(CO)ccc1Cl. The number of rotatable bonds is 2. The van der Waals surface area contributed by atoms with Gasteiger partial charge in [0, 0.05) is 11.6 Å². The summed E-state index contributed by atoms with van der Waals surface area (Å²) in [5.41, 5.74) is 7.12. The number of halogens is 1. The Kier molecular flexibility index (Phi) is 2.88. The molecule has 0 aliphatic heterocycles. The third-order valence-corrected chi connectivity index (χ3v) is 1.88. The Labute approximate surface area is 70.6 Å². The van der Waals surface area contributed by atoms with Gasteiger partial charge in [-0.15, -0.1) is 0 Å². The van der Waals surface area contributed by atoms with Crippen molar-refractivity contribution in [3.8, 4) is 0 Å². The Balaban J connectivity index is 3.02. The molecule has 0 heterocycles. The van der Waals surface area contributed by atoms with E-state index in [4.69, 9.17) is 22.4 Å². The average Bonchev–Trinajstić information content (AvgIpc) is 2.05. The van der Waals surface area contributed by atoms with Crippen LogP contribution in [0.4, 0.5) is 0 Å². The summed E-state index contributed by atoms with van der Waals surface area (Å²) >= 11 is 5.79. The van der Waals surface area contributed by atoms with Crippen LogP contribution in [0.5, 0.6) is 0 Å². The van der Waals surface area contributed by atoms with Gasteiger partial charge in [0.2, 0.25) is 0 Å². The standard InChI is InChI=1S/C8H10ClNO/c9-8-2-1-6(5-11)3-7(8)4-10/h1-3,11H,4-5,10H2. The van der Waals surface area contributed by atoms with E-state index in [1.54, 1.807) is 12.1 Å². The van der Waals surface area contributed by atoms with Crippen molar-refractivity contribution in [2.75, 3.05) is 0 Å². The van der Waals surface area contributed by atoms with Gasteiger partial charge in [0.25, 0.3) is 0 Å². The second-order valence-corrected chi connectivity index (χ2v) is 2.70. The molecule has 3 heteroatoms. The molecule has 0 amide bonds. The van der Waals surface area contributed by atoms with Crippen molar-refractivity contribution >= 4 is 11.6 Å². The molecule has 0 aliphatic carbocycles. The van der Waals surface area contributed by atoms with E-state index in [2.05, 4.69) is 0 Å². The highest BCUT2D eigenvalue weighted by molar-refractivity contribution is 6.31. The molecule has 0 fully saturated rings. The lowest BCUT2D eigenvalue weighted by molar-refractivity contribution is 0.281. The fraction of sp³-hybridized carbons (Fsp3) is 0.250. The van der Waals surface area contributed by atoms with Gasteiger partial charge in [-0.25, -0.2) is 0 Å². The van der Waals surface area contributed by atoms with Crippen LogP contribution in [0.3, 0.4) is 0 Å². The molecular weight excluding hydrogens is 162 g/mol. The Hall–Kier alpha value is -0.570. The number of hydrogen-bond acceptors (Lipinski definition) is 2. The fourth-order valence-corrected chi connectivity index (χ4v) is 1.08. The van der Waals surface area contributed by atoms with Gasteiger partial charge in [-0.2, -0.15) is 0 Å². The van der Waals surface area contributed by atoms with Crippen LogP contribution in [-0.2, 0) is 13.2 Å². The van der Waals surface area contributed by atoms with Crippen LogP contribution in [0.2, 0.25) is 5.02 Å². The van der Waals surface area contributed by atoms with Crippen LogP contribution in [0.1, 0.15) is 11.1 Å². The molecule has 0 radical (unpaired) electrons. The third kappa shape index (κ3) is 1.93. The average molecular weight is 172 g/mol. The molecule has 0 aromatic heterocycles. The molecule has 1 rings (SSSR count). The second-order valence-electron chi connectivity index (χ2n) is 2.29. The summed E-state index contributed by atoms with van der Waals surface area (Å²) in [4.78, 5) is 0. The van der Waals surface area contributed by atoms with Gasteiger partial charge in [-0.1, -0.05) is 23.7 Å². The lowest BCUT2D eigenvalue weighted by Crippen LogP contribution is -1.98. The van der Waals surface area contributed by atoms with Gasteiger partial charge in [-0.3, -0.25) is 0 Å². The lowest BCUT2D eigenvalue weighted by Gasteiger charge is -2.02. The predicted molar refractivity (Wildman–Crippen MR) is 45.3 cm³/mol. The monoisotopic (exact) mass is 171 g/mol. The number of nitrogens with two attached hydrogens (primary N) is 1. The maximum absolute atomic E-state index is 8.76. The van der Waals surface area contributed by atoms with Gasteiger partial charge in [0.1, 0.15) is 0 Å². The molecule has 0 aliphatic rings. The van der Waals surface area contributed by atoms with Crippen molar-refractivity contribution in [2.45, 2.75) is 13.2 Å². The number of hydrogen-bond donors (Lipinski definition) is 2. The van der Waals surface area contributed by atoms with Crippen LogP contribution >= 0.6 is 11.6 Å². The molecule has 0 bridgehead atoms. The van der Waals surface area contributed by atoms with Crippen molar-refractivity contribution in [1.29, 1.82) is 0 Å². The zero-order chi connectivity index (χ0) is 8.27. The number of benzene rings is 1. The van der Waals surface area contributed by atoms with E-state index in [0.717, 1.165) is 11.1 Å². The Morgan fingerprint density at radius 2 is 2.18 bits per heavy atom. The molecule has 11 heavy (non-hydrogen) atoms. The van der Waals surface area contributed by atoms with Crippen molar-refractivity contribution in [3.05, 3.63) is 34.3 Å². The van der Waals surface area contributed by atoms with Crippen LogP contribution in [0.15, 0.2) is 18.2 Å². The van der Waals surface area contributed by atoms with Gasteiger partial charge >= 0.3 is 0 Å². The van der Waals surface area contributed by atoms with Crippen LogP contribution < -0.4 is 5.73 Å². The van der Waals surface area contributed by atoms with Gasteiger partial charge in [0.15, 0.2) is 0 Å². The summed E-state index contributed by atoms with van der Waals surface area (Å²) in [5.74, 6) is 0. The number of aliphatic hydroxyl groups excluding tert-OH is 1. The molecule has 0 saturated heterocycles. The zero-order valence-electron chi connectivity index (χ0n) is 6.05. The van der Waals surface area contributed by atoms with Gasteiger partial charge < -0.3 is 10.8 Å². The summed E-state index contributed by atoms with van der Waals surface area (Å²) < 4.78 is 0. The normalized spacial score (nSPS) is 10.1. The molecule has 0 spiro atoms. The summed E-state index contributed by atoms with van der Waals surface area (Å²) in [7, 11) is 0. The van der Waals surface area contributed by atoms with E-state index >= 15 is 0 Å². The molecular formula is C8H10ClNO. The first-order valence-electron chi connectivity index (χ1n) is 3.36. The van der Waals surface area contributed by atoms with Crippen molar-refractivity contribution in [2.24, 2.45) is 5.73 Å². The molecule has 1 aromatic carbocycles. The van der Waals surface area contributed by atoms with Crippen LogP contribution in [0, 0.1) is 0 Å². The Bertz CT molecular complexity index is 250. The Morgan fingerprint density at radius 3 is 2.73 bits per heavy atom. The summed E-state index contributed by atoms with van der Waals surface area (Å²) in [6.07, 6.45) is 0. The first kappa shape index (κ1) is 8.53. The first-order valence-corrected chi connectivity index (χ1v) is 3.74. The van der Waals surface area contributed by atoms with Crippen molar-refractivity contribution < 1.29 is 5.11 Å². The molecule has 0 unspecified atom stereocenters. The summed E-state index contributed by atoms with van der Waals surface area (Å²) in [6, 6.07) is 5.33. The van der Waals surface area contributed by atoms with E-state index in [-0.39, 0.29) is 6.61 Å². The van der Waals surface area contributed by atoms with E-state index in [1.165, 1.54) is 0 Å². The van der Waals surface area contributed by atoms with E-state index in [9.17, 15) is 0 Å². The van der Waals surface area contributed by atoms with Crippen molar-refractivity contribution in [1.82, 2.24) is 0 Å². The molecule has 0 saturated carbocycles. The number of aliphatic hydroxyl groups is 1. The summed E-state index contributed by atoms with van der Waals surface area (Å²) in [5, 5.41) is 9.42. The molecule has 2 nitrogen and oxygen atoms in total. The van der Waals surface area contributed by atoms with E-state index in [0.29, 0.717) is 11.6 Å². The van der Waals surface area contributed by atoms with Crippen molar-refractivity contribution in [3.63, 3.8) is 0 Å². The minimum Gasteiger partial charge on any atom is -0.392 e. The lowest BCUT2D eigenvalue weighted by atomic mass is 10.1. The molecule has 3 N–H and O–H groups in total. The topological polar surface area (TPSA) is 46.2 Å². The third-order valence-electron chi connectivity index (χ3n) is 1.51. The highest BCUT2D eigenvalue weighted by Crippen LogP contribution is 2.16. The minimum absolute atomic E-state index is 0.0319. The Morgan fingerprint density at radius 1 is 1.45 bits per heavy atom. The molecule has 0 atom stereocenters. The second kappa shape index (κ2) is 3.72. The summed E-state index contributed by atoms with van der Waals surface area (Å²) in [6.45, 7) is 0.441. The zero-order valence-corrected chi connectivity index (χ0v) is 6.80. The van der Waals surface area contributed by atoms with E-state index in [1.807, 2.05) is 6.07 Å². The van der Waals surface area contributed by atoms with Gasteiger partial charge in [0.05, 0.1) is 6.61 Å². The van der Waals surface area contributed by atoms with Crippen LogP contribution in [0.25, 0.3) is 0 Å². The highest BCUT2D eigenvalue weighted by atomic mass is 35.5. The van der Waals surface area contributed by atoms with Crippen LogP contribution in [-0.4, -0.2) is 5.11 Å². The molecule has 1 aromatic rings. The largest absolute Gasteiger partial charge is 0.392 e.